The van der Waals surface area contributed by atoms with Crippen molar-refractivity contribution in [3.63, 3.8) is 0 Å². The molecule has 4 heteroatoms. The van der Waals surface area contributed by atoms with E-state index in [2.05, 4.69) is 15.4 Å². The number of rotatable bonds is 4. The molecule has 0 fully saturated rings. The quantitative estimate of drug-likeness (QED) is 0.556. The third-order valence-corrected chi connectivity index (χ3v) is 1.79. The smallest absolute Gasteiger partial charge is 0.339 e. The number of methoxy groups -OCH3 is 1. The Morgan fingerprint density at radius 3 is 2.79 bits per heavy atom. The molecule has 0 aromatic heterocycles. The van der Waals surface area contributed by atoms with Crippen LogP contribution in [-0.4, -0.2) is 26.8 Å². The zero-order valence-corrected chi connectivity index (χ0v) is 8.33. The van der Waals surface area contributed by atoms with E-state index >= 15 is 0 Å². The largest absolute Gasteiger partial charge is 0.465 e. The van der Waals surface area contributed by atoms with Gasteiger partial charge < -0.3 is 15.4 Å². The Morgan fingerprint density at radius 2 is 2.14 bits per heavy atom. The van der Waals surface area contributed by atoms with Crippen LogP contribution in [0.15, 0.2) is 24.3 Å². The van der Waals surface area contributed by atoms with Crippen molar-refractivity contribution in [1.29, 1.82) is 0 Å². The van der Waals surface area contributed by atoms with Crippen LogP contribution in [0.2, 0.25) is 0 Å². The number of ether oxygens (including phenoxy) is 1. The molecule has 0 spiro atoms. The highest BCUT2D eigenvalue weighted by Gasteiger charge is 2.09. The number of hydrogen-bond donors (Lipinski definition) is 2. The van der Waals surface area contributed by atoms with Crippen LogP contribution in [0.1, 0.15) is 10.4 Å². The summed E-state index contributed by atoms with van der Waals surface area (Å²) in [6, 6.07) is 7.23. The molecular weight excluding hydrogens is 180 g/mol. The normalized spacial score (nSPS) is 9.57. The molecule has 0 amide bonds. The summed E-state index contributed by atoms with van der Waals surface area (Å²) in [7, 11) is 3.20. The minimum atomic E-state index is -0.329. The maximum Gasteiger partial charge on any atom is 0.339 e. The summed E-state index contributed by atoms with van der Waals surface area (Å²) in [5.74, 6) is -0.329. The number of carbonyl (C=O) groups excluding carboxylic acids is 1. The predicted octanol–water partition coefficient (Wildman–Crippen LogP) is 1.06. The van der Waals surface area contributed by atoms with Gasteiger partial charge in [-0.1, -0.05) is 12.1 Å². The van der Waals surface area contributed by atoms with E-state index in [9.17, 15) is 4.79 Å². The first-order valence-corrected chi connectivity index (χ1v) is 4.35. The van der Waals surface area contributed by atoms with Crippen molar-refractivity contribution in [2.24, 2.45) is 0 Å². The topological polar surface area (TPSA) is 50.4 Å². The Bertz CT molecular complexity index is 313. The first kappa shape index (κ1) is 10.5. The third-order valence-electron chi connectivity index (χ3n) is 1.79. The molecule has 0 radical (unpaired) electrons. The molecule has 76 valence electrons. The molecule has 0 atom stereocenters. The number of hydrogen-bond acceptors (Lipinski definition) is 4. The van der Waals surface area contributed by atoms with Gasteiger partial charge in [-0.3, -0.25) is 0 Å². The van der Waals surface area contributed by atoms with Gasteiger partial charge in [-0.05, 0) is 19.2 Å². The van der Waals surface area contributed by atoms with E-state index in [1.807, 2.05) is 19.2 Å². The fourth-order valence-corrected chi connectivity index (χ4v) is 1.11. The molecule has 1 rings (SSSR count). The summed E-state index contributed by atoms with van der Waals surface area (Å²) >= 11 is 0. The fraction of sp³-hybridized carbons (Fsp3) is 0.300. The second kappa shape index (κ2) is 5.24. The number of nitrogens with one attached hydrogen (secondary N) is 2. The Morgan fingerprint density at radius 1 is 1.43 bits per heavy atom. The van der Waals surface area contributed by atoms with Crippen LogP contribution in [0.25, 0.3) is 0 Å². The van der Waals surface area contributed by atoms with Crippen LogP contribution < -0.4 is 10.6 Å². The van der Waals surface area contributed by atoms with Gasteiger partial charge in [-0.15, -0.1) is 0 Å². The molecule has 0 heterocycles. The highest BCUT2D eigenvalue weighted by atomic mass is 16.5. The molecule has 0 aliphatic carbocycles. The van der Waals surface area contributed by atoms with Gasteiger partial charge in [0.05, 0.1) is 19.3 Å². The summed E-state index contributed by atoms with van der Waals surface area (Å²) in [6.45, 7) is 0.605. The zero-order chi connectivity index (χ0) is 10.4. The van der Waals surface area contributed by atoms with Crippen LogP contribution in [0, 0.1) is 0 Å². The number of benzene rings is 1. The fourth-order valence-electron chi connectivity index (χ4n) is 1.11. The average molecular weight is 194 g/mol. The van der Waals surface area contributed by atoms with E-state index in [-0.39, 0.29) is 5.97 Å². The zero-order valence-electron chi connectivity index (χ0n) is 8.33. The van der Waals surface area contributed by atoms with Gasteiger partial charge in [-0.2, -0.15) is 0 Å². The molecule has 0 aliphatic rings. The highest BCUT2D eigenvalue weighted by molar-refractivity contribution is 5.95. The van der Waals surface area contributed by atoms with Crippen LogP contribution in [0.4, 0.5) is 5.69 Å². The van der Waals surface area contributed by atoms with Crippen molar-refractivity contribution < 1.29 is 9.53 Å². The first-order valence-electron chi connectivity index (χ1n) is 4.35. The summed E-state index contributed by atoms with van der Waals surface area (Å²) in [5, 5.41) is 6.00. The molecule has 0 saturated heterocycles. The summed E-state index contributed by atoms with van der Waals surface area (Å²) in [4.78, 5) is 11.3. The van der Waals surface area contributed by atoms with E-state index < -0.39 is 0 Å². The molecule has 0 bridgehead atoms. The average Bonchev–Trinajstić information content (AvgIpc) is 2.25. The lowest BCUT2D eigenvalue weighted by molar-refractivity contribution is 0.0602. The SMILES string of the molecule is CNCNc1ccccc1C(=O)OC. The third kappa shape index (κ3) is 2.47. The Labute approximate surface area is 83.3 Å². The maximum atomic E-state index is 11.3. The number of anilines is 1. The van der Waals surface area contributed by atoms with Crippen LogP contribution in [-0.2, 0) is 4.74 Å². The molecule has 0 aliphatic heterocycles. The second-order valence-electron chi connectivity index (χ2n) is 2.74. The van der Waals surface area contributed by atoms with Gasteiger partial charge in [0.15, 0.2) is 0 Å². The predicted molar refractivity (Wildman–Crippen MR) is 55.3 cm³/mol. The van der Waals surface area contributed by atoms with Gasteiger partial charge in [0.2, 0.25) is 0 Å². The number of para-hydroxylation sites is 1. The second-order valence-corrected chi connectivity index (χ2v) is 2.74. The molecule has 0 unspecified atom stereocenters. The Hall–Kier alpha value is -1.55. The van der Waals surface area contributed by atoms with Gasteiger partial charge in [-0.25, -0.2) is 4.79 Å². The van der Waals surface area contributed by atoms with E-state index in [0.29, 0.717) is 12.2 Å². The van der Waals surface area contributed by atoms with Crippen molar-refractivity contribution in [1.82, 2.24) is 5.32 Å². The van der Waals surface area contributed by atoms with E-state index in [4.69, 9.17) is 0 Å². The molecule has 1 aromatic rings. The lowest BCUT2D eigenvalue weighted by Crippen LogP contribution is -2.18. The maximum absolute atomic E-state index is 11.3. The van der Waals surface area contributed by atoms with Crippen LogP contribution in [0.3, 0.4) is 0 Å². The van der Waals surface area contributed by atoms with Crippen molar-refractivity contribution in [3.8, 4) is 0 Å². The van der Waals surface area contributed by atoms with E-state index in [1.54, 1.807) is 12.1 Å². The van der Waals surface area contributed by atoms with Gasteiger partial charge >= 0.3 is 5.97 Å². The molecule has 14 heavy (non-hydrogen) atoms. The van der Waals surface area contributed by atoms with Crippen molar-refractivity contribution in [3.05, 3.63) is 29.8 Å². The first-order chi connectivity index (χ1) is 6.79. The molecule has 4 nitrogen and oxygen atoms in total. The number of carbonyl (C=O) groups is 1. The Kier molecular flexibility index (Phi) is 3.94. The minimum absolute atomic E-state index is 0.329. The monoisotopic (exact) mass is 194 g/mol. The van der Waals surface area contributed by atoms with E-state index in [0.717, 1.165) is 5.69 Å². The molecular formula is C10H14N2O2. The summed E-state index contributed by atoms with van der Waals surface area (Å²) < 4.78 is 4.66. The van der Waals surface area contributed by atoms with Crippen LogP contribution in [0.5, 0.6) is 0 Å². The minimum Gasteiger partial charge on any atom is -0.465 e. The lowest BCUT2D eigenvalue weighted by atomic mass is 10.2. The highest BCUT2D eigenvalue weighted by Crippen LogP contribution is 2.14. The van der Waals surface area contributed by atoms with Crippen molar-refractivity contribution in [2.45, 2.75) is 0 Å². The van der Waals surface area contributed by atoms with E-state index in [1.165, 1.54) is 7.11 Å². The molecule has 2 N–H and O–H groups in total. The summed E-state index contributed by atoms with van der Waals surface area (Å²) in [5.41, 5.74) is 1.32. The molecule has 0 saturated carbocycles. The number of esters is 1. The summed E-state index contributed by atoms with van der Waals surface area (Å²) in [6.07, 6.45) is 0. The lowest BCUT2D eigenvalue weighted by Gasteiger charge is -2.09. The van der Waals surface area contributed by atoms with Gasteiger partial charge in [0.1, 0.15) is 0 Å². The molecule has 1 aromatic carbocycles. The standard InChI is InChI=1S/C10H14N2O2/c1-11-7-12-9-6-4-3-5-8(9)10(13)14-2/h3-6,11-12H,7H2,1-2H3. The van der Waals surface area contributed by atoms with Gasteiger partial charge in [0, 0.05) is 5.69 Å². The van der Waals surface area contributed by atoms with Gasteiger partial charge in [0.25, 0.3) is 0 Å². The Balaban J connectivity index is 2.85. The van der Waals surface area contributed by atoms with Crippen molar-refractivity contribution >= 4 is 11.7 Å². The van der Waals surface area contributed by atoms with Crippen LogP contribution >= 0.6 is 0 Å². The van der Waals surface area contributed by atoms with Crippen molar-refractivity contribution in [2.75, 3.05) is 26.1 Å².